The Balaban J connectivity index is 1.70. The van der Waals surface area contributed by atoms with Gasteiger partial charge in [-0.2, -0.15) is 0 Å². The van der Waals surface area contributed by atoms with Crippen LogP contribution in [0.15, 0.2) is 28.7 Å². The summed E-state index contributed by atoms with van der Waals surface area (Å²) in [5, 5.41) is 17.9. The number of benzene rings is 1. The van der Waals surface area contributed by atoms with Crippen molar-refractivity contribution in [2.45, 2.75) is 32.4 Å². The van der Waals surface area contributed by atoms with Gasteiger partial charge in [0.1, 0.15) is 0 Å². The van der Waals surface area contributed by atoms with Gasteiger partial charge in [-0.25, -0.2) is 0 Å². The molecule has 1 saturated heterocycles. The second-order valence-corrected chi connectivity index (χ2v) is 5.40. The normalized spacial score (nSPS) is 20.2. The largest absolute Gasteiger partial charge is 0.419 e. The van der Waals surface area contributed by atoms with Gasteiger partial charge >= 0.3 is 0 Å². The van der Waals surface area contributed by atoms with E-state index < -0.39 is 0 Å². The molecule has 106 valence electrons. The fourth-order valence-corrected chi connectivity index (χ4v) is 2.58. The van der Waals surface area contributed by atoms with Gasteiger partial charge in [0.15, 0.2) is 0 Å². The molecule has 0 bridgehead atoms. The van der Waals surface area contributed by atoms with Crippen LogP contribution >= 0.6 is 0 Å². The van der Waals surface area contributed by atoms with Crippen LogP contribution < -0.4 is 0 Å². The van der Waals surface area contributed by atoms with E-state index in [1.54, 1.807) is 0 Å². The van der Waals surface area contributed by atoms with Crippen LogP contribution in [0, 0.1) is 6.92 Å². The Kier molecular flexibility index (Phi) is 3.80. The number of aryl methyl sites for hydroxylation is 1. The number of hydrogen-bond acceptors (Lipinski definition) is 5. The van der Waals surface area contributed by atoms with Gasteiger partial charge in [-0.05, 0) is 38.4 Å². The maximum absolute atomic E-state index is 9.66. The molecule has 1 aromatic heterocycles. The maximum Gasteiger partial charge on any atom is 0.247 e. The number of rotatable bonds is 3. The zero-order chi connectivity index (χ0) is 13.9. The van der Waals surface area contributed by atoms with E-state index in [0.717, 1.165) is 24.9 Å². The molecule has 0 spiro atoms. The van der Waals surface area contributed by atoms with E-state index in [0.29, 0.717) is 24.9 Å². The summed E-state index contributed by atoms with van der Waals surface area (Å²) in [4.78, 5) is 2.15. The minimum atomic E-state index is -0.233. The molecule has 3 rings (SSSR count). The summed E-state index contributed by atoms with van der Waals surface area (Å²) in [6.07, 6.45) is 1.66. The molecule has 1 aliphatic rings. The van der Waals surface area contributed by atoms with Gasteiger partial charge in [0.2, 0.25) is 11.8 Å². The zero-order valence-corrected chi connectivity index (χ0v) is 11.6. The van der Waals surface area contributed by atoms with Crippen LogP contribution in [-0.4, -0.2) is 39.4 Å². The lowest BCUT2D eigenvalue weighted by atomic mass is 10.1. The van der Waals surface area contributed by atoms with Crippen LogP contribution in [0.4, 0.5) is 0 Å². The second-order valence-electron chi connectivity index (χ2n) is 5.40. The molecule has 5 nitrogen and oxygen atoms in total. The summed E-state index contributed by atoms with van der Waals surface area (Å²) in [7, 11) is 0. The molecule has 20 heavy (non-hydrogen) atoms. The summed E-state index contributed by atoms with van der Waals surface area (Å²) in [6, 6.07) is 8.02. The van der Waals surface area contributed by atoms with E-state index in [2.05, 4.69) is 15.1 Å². The SMILES string of the molecule is Cc1cccc(-c2nnc(CN3CCC[C@H](O)C3)o2)c1. The molecule has 0 unspecified atom stereocenters. The molecule has 1 fully saturated rings. The molecule has 0 radical (unpaired) electrons. The Bertz CT molecular complexity index is 582. The van der Waals surface area contributed by atoms with Crippen molar-refractivity contribution in [3.05, 3.63) is 35.7 Å². The number of likely N-dealkylation sites (tertiary alicyclic amines) is 1. The van der Waals surface area contributed by atoms with Crippen LogP contribution in [0.3, 0.4) is 0 Å². The van der Waals surface area contributed by atoms with E-state index in [9.17, 15) is 5.11 Å². The quantitative estimate of drug-likeness (QED) is 0.926. The highest BCUT2D eigenvalue weighted by Gasteiger charge is 2.20. The molecular weight excluding hydrogens is 254 g/mol. The zero-order valence-electron chi connectivity index (χ0n) is 11.6. The third-order valence-electron chi connectivity index (χ3n) is 3.57. The average molecular weight is 273 g/mol. The Morgan fingerprint density at radius 1 is 1.40 bits per heavy atom. The third kappa shape index (κ3) is 3.05. The molecule has 1 aliphatic heterocycles. The lowest BCUT2D eigenvalue weighted by Crippen LogP contribution is -2.37. The molecule has 0 aliphatic carbocycles. The first-order valence-electron chi connectivity index (χ1n) is 7.00. The number of aliphatic hydroxyl groups is 1. The number of piperidine rings is 1. The van der Waals surface area contributed by atoms with E-state index >= 15 is 0 Å². The van der Waals surface area contributed by atoms with Crippen molar-refractivity contribution in [3.63, 3.8) is 0 Å². The fraction of sp³-hybridized carbons (Fsp3) is 0.467. The molecule has 1 N–H and O–H groups in total. The monoisotopic (exact) mass is 273 g/mol. The van der Waals surface area contributed by atoms with Crippen molar-refractivity contribution in [2.75, 3.05) is 13.1 Å². The number of nitrogens with zero attached hydrogens (tertiary/aromatic N) is 3. The minimum absolute atomic E-state index is 0.233. The van der Waals surface area contributed by atoms with Gasteiger partial charge in [-0.1, -0.05) is 17.7 Å². The topological polar surface area (TPSA) is 62.4 Å². The van der Waals surface area contributed by atoms with Crippen LogP contribution in [0.2, 0.25) is 0 Å². The molecule has 1 aromatic carbocycles. The van der Waals surface area contributed by atoms with Gasteiger partial charge in [0.05, 0.1) is 12.6 Å². The Labute approximate surface area is 118 Å². The Morgan fingerprint density at radius 3 is 3.10 bits per heavy atom. The van der Waals surface area contributed by atoms with Gasteiger partial charge in [0, 0.05) is 12.1 Å². The highest BCUT2D eigenvalue weighted by Crippen LogP contribution is 2.20. The van der Waals surface area contributed by atoms with Gasteiger partial charge in [-0.3, -0.25) is 4.90 Å². The molecule has 2 heterocycles. The highest BCUT2D eigenvalue weighted by molar-refractivity contribution is 5.53. The van der Waals surface area contributed by atoms with E-state index in [4.69, 9.17) is 4.42 Å². The van der Waals surface area contributed by atoms with Crippen molar-refractivity contribution in [1.29, 1.82) is 0 Å². The van der Waals surface area contributed by atoms with Crippen LogP contribution in [-0.2, 0) is 6.54 Å². The standard InChI is InChI=1S/C15H19N3O2/c1-11-4-2-5-12(8-11)15-17-16-14(20-15)10-18-7-3-6-13(19)9-18/h2,4-5,8,13,19H,3,6-7,9-10H2,1H3/t13-/m0/s1. The van der Waals surface area contributed by atoms with Crippen molar-refractivity contribution in [2.24, 2.45) is 0 Å². The number of aliphatic hydroxyl groups excluding tert-OH is 1. The molecule has 0 amide bonds. The fourth-order valence-electron chi connectivity index (χ4n) is 2.58. The number of hydrogen-bond donors (Lipinski definition) is 1. The minimum Gasteiger partial charge on any atom is -0.419 e. The smallest absolute Gasteiger partial charge is 0.247 e. The van der Waals surface area contributed by atoms with Crippen LogP contribution in [0.1, 0.15) is 24.3 Å². The summed E-state index contributed by atoms with van der Waals surface area (Å²) in [5.74, 6) is 1.16. The predicted octanol–water partition coefficient (Wildman–Crippen LogP) is 2.00. The van der Waals surface area contributed by atoms with Crippen molar-refractivity contribution in [1.82, 2.24) is 15.1 Å². The van der Waals surface area contributed by atoms with Crippen LogP contribution in [0.25, 0.3) is 11.5 Å². The lowest BCUT2D eigenvalue weighted by Gasteiger charge is -2.28. The summed E-state index contributed by atoms with van der Waals surface area (Å²) in [5.41, 5.74) is 2.11. The average Bonchev–Trinajstić information content (AvgIpc) is 2.87. The van der Waals surface area contributed by atoms with Crippen molar-refractivity contribution >= 4 is 0 Å². The maximum atomic E-state index is 9.66. The van der Waals surface area contributed by atoms with Gasteiger partial charge < -0.3 is 9.52 Å². The number of aromatic nitrogens is 2. The predicted molar refractivity (Wildman–Crippen MR) is 75.0 cm³/mol. The summed E-state index contributed by atoms with van der Waals surface area (Å²) >= 11 is 0. The lowest BCUT2D eigenvalue weighted by molar-refractivity contribution is 0.0625. The van der Waals surface area contributed by atoms with Gasteiger partial charge in [-0.15, -0.1) is 10.2 Å². The Morgan fingerprint density at radius 2 is 2.30 bits per heavy atom. The van der Waals surface area contributed by atoms with E-state index in [1.165, 1.54) is 5.56 Å². The first-order valence-corrected chi connectivity index (χ1v) is 7.00. The molecule has 2 aromatic rings. The van der Waals surface area contributed by atoms with Crippen molar-refractivity contribution < 1.29 is 9.52 Å². The van der Waals surface area contributed by atoms with Crippen LogP contribution in [0.5, 0.6) is 0 Å². The first-order chi connectivity index (χ1) is 9.70. The molecule has 1 atom stereocenters. The van der Waals surface area contributed by atoms with Gasteiger partial charge in [0.25, 0.3) is 0 Å². The van der Waals surface area contributed by atoms with E-state index in [1.807, 2.05) is 31.2 Å². The van der Waals surface area contributed by atoms with Crippen molar-refractivity contribution in [3.8, 4) is 11.5 Å². The summed E-state index contributed by atoms with van der Waals surface area (Å²) in [6.45, 7) is 4.30. The highest BCUT2D eigenvalue weighted by atomic mass is 16.4. The first kappa shape index (κ1) is 13.3. The number of β-amino-alcohol motifs (C(OH)–C–C–N with tert-alkyl or cyclic N) is 1. The molecule has 5 heteroatoms. The molecular formula is C15H19N3O2. The second kappa shape index (κ2) is 5.73. The Hall–Kier alpha value is -1.72. The molecule has 0 saturated carbocycles. The van der Waals surface area contributed by atoms with E-state index in [-0.39, 0.29) is 6.10 Å². The summed E-state index contributed by atoms with van der Waals surface area (Å²) < 4.78 is 5.72. The third-order valence-corrected chi connectivity index (χ3v) is 3.57.